The van der Waals surface area contributed by atoms with Crippen LogP contribution in [0.15, 0.2) is 12.2 Å². The average Bonchev–Trinajstić information content (AvgIpc) is 2.23. The van der Waals surface area contributed by atoms with Crippen molar-refractivity contribution in [3.05, 3.63) is 12.2 Å². The summed E-state index contributed by atoms with van der Waals surface area (Å²) in [5.74, 6) is -1.13. The predicted octanol–water partition coefficient (Wildman–Crippen LogP) is 1.01. The molecule has 0 saturated carbocycles. The molecule has 0 saturated heterocycles. The van der Waals surface area contributed by atoms with Gasteiger partial charge in [-0.3, -0.25) is 0 Å². The van der Waals surface area contributed by atoms with E-state index in [1.807, 2.05) is 13.8 Å². The van der Waals surface area contributed by atoms with Crippen LogP contribution in [0, 0.1) is 5.92 Å². The maximum absolute atomic E-state index is 11.0. The van der Waals surface area contributed by atoms with E-state index in [1.54, 1.807) is 6.92 Å². The minimum Gasteiger partial charge on any atom is -0.462 e. The van der Waals surface area contributed by atoms with Gasteiger partial charge in [0.2, 0.25) is 6.29 Å². The lowest BCUT2D eigenvalue weighted by Crippen LogP contribution is -2.15. The molecule has 0 aliphatic carbocycles. The van der Waals surface area contributed by atoms with Gasteiger partial charge in [-0.1, -0.05) is 20.8 Å². The Hall–Kier alpha value is -1.36. The summed E-state index contributed by atoms with van der Waals surface area (Å²) in [7, 11) is 0. The van der Waals surface area contributed by atoms with Crippen LogP contribution in [0.4, 0.5) is 0 Å². The van der Waals surface area contributed by atoms with Crippen molar-refractivity contribution in [3.63, 3.8) is 0 Å². The van der Waals surface area contributed by atoms with Crippen molar-refractivity contribution in [1.29, 1.82) is 0 Å². The van der Waals surface area contributed by atoms with Gasteiger partial charge in [0.05, 0.1) is 6.61 Å². The Morgan fingerprint density at radius 3 is 2.31 bits per heavy atom. The first-order valence-electron chi connectivity index (χ1n) is 5.19. The number of aliphatic hydroxyl groups excluding tert-OH is 1. The number of aliphatic hydroxyl groups is 1. The first-order chi connectivity index (χ1) is 7.45. The van der Waals surface area contributed by atoms with E-state index in [0.717, 1.165) is 12.2 Å². The Bertz CT molecular complexity index is 257. The van der Waals surface area contributed by atoms with Gasteiger partial charge in [0.25, 0.3) is 0 Å². The number of hydrogen-bond acceptors (Lipinski definition) is 5. The third kappa shape index (κ3) is 7.99. The van der Waals surface area contributed by atoms with Gasteiger partial charge in [-0.2, -0.15) is 0 Å². The second-order valence-electron chi connectivity index (χ2n) is 3.66. The molecule has 0 heterocycles. The van der Waals surface area contributed by atoms with E-state index in [2.05, 4.69) is 4.74 Å². The highest BCUT2D eigenvalue weighted by atomic mass is 16.6. The third-order valence-corrected chi connectivity index (χ3v) is 1.52. The van der Waals surface area contributed by atoms with E-state index in [4.69, 9.17) is 9.84 Å². The van der Waals surface area contributed by atoms with E-state index in [-0.39, 0.29) is 5.92 Å². The Morgan fingerprint density at radius 2 is 1.81 bits per heavy atom. The molecule has 0 aromatic carbocycles. The van der Waals surface area contributed by atoms with Gasteiger partial charge in [0, 0.05) is 18.6 Å². The zero-order chi connectivity index (χ0) is 12.6. The smallest absolute Gasteiger partial charge is 0.333 e. The van der Waals surface area contributed by atoms with Crippen molar-refractivity contribution in [2.24, 2.45) is 5.92 Å². The topological polar surface area (TPSA) is 72.8 Å². The highest BCUT2D eigenvalue weighted by Gasteiger charge is 2.06. The lowest BCUT2D eigenvalue weighted by atomic mass is 10.2. The molecule has 0 amide bonds. The summed E-state index contributed by atoms with van der Waals surface area (Å²) >= 11 is 0. The summed E-state index contributed by atoms with van der Waals surface area (Å²) in [6, 6.07) is 0. The number of esters is 2. The fourth-order valence-corrected chi connectivity index (χ4v) is 0.690. The zero-order valence-electron chi connectivity index (χ0n) is 9.80. The maximum Gasteiger partial charge on any atom is 0.333 e. The van der Waals surface area contributed by atoms with Gasteiger partial charge in [-0.05, 0) is 5.92 Å². The average molecular weight is 230 g/mol. The molecule has 0 aromatic heterocycles. The molecule has 0 aliphatic heterocycles. The number of carbonyl (C=O) groups excluding carboxylic acids is 2. The van der Waals surface area contributed by atoms with Gasteiger partial charge in [-0.15, -0.1) is 0 Å². The molecule has 0 radical (unpaired) electrons. The van der Waals surface area contributed by atoms with E-state index in [0.29, 0.717) is 13.0 Å². The minimum absolute atomic E-state index is 0.242. The van der Waals surface area contributed by atoms with Crippen molar-refractivity contribution in [3.8, 4) is 0 Å². The first-order valence-corrected chi connectivity index (χ1v) is 5.19. The molecular weight excluding hydrogens is 212 g/mol. The fraction of sp³-hybridized carbons (Fsp3) is 0.636. The molecule has 0 spiro atoms. The van der Waals surface area contributed by atoms with Crippen LogP contribution in [0.5, 0.6) is 0 Å². The molecule has 1 atom stereocenters. The van der Waals surface area contributed by atoms with Crippen molar-refractivity contribution < 1.29 is 24.2 Å². The molecule has 0 rings (SSSR count). The SMILES string of the molecule is CCC(O)OC(=O)/C=C\C(=O)OCC(C)C. The molecule has 0 aromatic rings. The summed E-state index contributed by atoms with van der Waals surface area (Å²) in [6.45, 7) is 5.78. The Kier molecular flexibility index (Phi) is 7.20. The zero-order valence-corrected chi connectivity index (χ0v) is 9.80. The van der Waals surface area contributed by atoms with E-state index >= 15 is 0 Å². The fourth-order valence-electron chi connectivity index (χ4n) is 0.690. The summed E-state index contributed by atoms with van der Waals surface area (Å²) in [4.78, 5) is 22.0. The van der Waals surface area contributed by atoms with Gasteiger partial charge in [0.1, 0.15) is 0 Å². The quantitative estimate of drug-likeness (QED) is 0.419. The molecule has 1 unspecified atom stereocenters. The lowest BCUT2D eigenvalue weighted by Gasteiger charge is -2.07. The van der Waals surface area contributed by atoms with Crippen LogP contribution >= 0.6 is 0 Å². The molecule has 0 bridgehead atoms. The highest BCUT2D eigenvalue weighted by Crippen LogP contribution is 1.96. The molecule has 92 valence electrons. The summed E-state index contributed by atoms with van der Waals surface area (Å²) in [5, 5.41) is 8.98. The Morgan fingerprint density at radius 1 is 1.25 bits per heavy atom. The van der Waals surface area contributed by atoms with Crippen LogP contribution in [0.2, 0.25) is 0 Å². The standard InChI is InChI=1S/C11H18O5/c1-4-9(12)16-11(14)6-5-10(13)15-7-8(2)3/h5-6,8-9,12H,4,7H2,1-3H3/b6-5-. The van der Waals surface area contributed by atoms with E-state index < -0.39 is 18.2 Å². The van der Waals surface area contributed by atoms with Crippen LogP contribution in [0.25, 0.3) is 0 Å². The van der Waals surface area contributed by atoms with Crippen LogP contribution in [-0.2, 0) is 19.1 Å². The molecule has 16 heavy (non-hydrogen) atoms. The van der Waals surface area contributed by atoms with Crippen molar-refractivity contribution in [2.75, 3.05) is 6.61 Å². The molecule has 5 nitrogen and oxygen atoms in total. The van der Waals surface area contributed by atoms with Crippen LogP contribution in [0.1, 0.15) is 27.2 Å². The first kappa shape index (κ1) is 14.6. The van der Waals surface area contributed by atoms with Crippen LogP contribution < -0.4 is 0 Å². The van der Waals surface area contributed by atoms with Crippen LogP contribution in [0.3, 0.4) is 0 Å². The summed E-state index contributed by atoms with van der Waals surface area (Å²) < 4.78 is 9.29. The van der Waals surface area contributed by atoms with Crippen molar-refractivity contribution >= 4 is 11.9 Å². The molecule has 0 aliphatic rings. The molecule has 1 N–H and O–H groups in total. The van der Waals surface area contributed by atoms with E-state index in [9.17, 15) is 9.59 Å². The second kappa shape index (κ2) is 7.87. The van der Waals surface area contributed by atoms with E-state index in [1.165, 1.54) is 0 Å². The highest BCUT2D eigenvalue weighted by molar-refractivity contribution is 5.91. The lowest BCUT2D eigenvalue weighted by molar-refractivity contribution is -0.162. The summed E-state index contributed by atoms with van der Waals surface area (Å²) in [5.41, 5.74) is 0. The minimum atomic E-state index is -1.14. The molecule has 0 fully saturated rings. The third-order valence-electron chi connectivity index (χ3n) is 1.52. The monoisotopic (exact) mass is 230 g/mol. The molecule has 5 heteroatoms. The predicted molar refractivity (Wildman–Crippen MR) is 57.3 cm³/mol. The van der Waals surface area contributed by atoms with Crippen molar-refractivity contribution in [1.82, 2.24) is 0 Å². The number of carbonyl (C=O) groups is 2. The normalized spacial score (nSPS) is 12.8. The van der Waals surface area contributed by atoms with Crippen LogP contribution in [-0.4, -0.2) is 29.9 Å². The number of hydrogen-bond donors (Lipinski definition) is 1. The van der Waals surface area contributed by atoms with Gasteiger partial charge in [-0.25, -0.2) is 9.59 Å². The number of rotatable bonds is 6. The second-order valence-corrected chi connectivity index (χ2v) is 3.66. The Labute approximate surface area is 95.0 Å². The molecular formula is C11H18O5. The number of ether oxygens (including phenoxy) is 2. The van der Waals surface area contributed by atoms with Gasteiger partial charge < -0.3 is 14.6 Å². The van der Waals surface area contributed by atoms with Gasteiger partial charge in [0.15, 0.2) is 0 Å². The maximum atomic E-state index is 11.0. The largest absolute Gasteiger partial charge is 0.462 e. The van der Waals surface area contributed by atoms with Gasteiger partial charge >= 0.3 is 11.9 Å². The summed E-state index contributed by atoms with van der Waals surface area (Å²) in [6.07, 6.45) is 1.08. The van der Waals surface area contributed by atoms with Crippen molar-refractivity contribution in [2.45, 2.75) is 33.5 Å². The Balaban J connectivity index is 3.89.